The number of hydrogen-bond acceptors (Lipinski definition) is 3. The van der Waals surface area contributed by atoms with Crippen molar-refractivity contribution in [3.05, 3.63) is 0 Å². The predicted octanol–water partition coefficient (Wildman–Crippen LogP) is 1.57. The Morgan fingerprint density at radius 2 is 2.21 bits per heavy atom. The molecule has 1 aliphatic heterocycles. The van der Waals surface area contributed by atoms with Crippen LogP contribution in [0.15, 0.2) is 0 Å². The number of unbranched alkanes of at least 4 members (excludes halogenated alkanes) is 1. The van der Waals surface area contributed by atoms with Gasteiger partial charge in [0.15, 0.2) is 0 Å². The van der Waals surface area contributed by atoms with Crippen molar-refractivity contribution in [2.75, 3.05) is 32.9 Å². The normalized spacial score (nSPS) is 22.5. The van der Waals surface area contributed by atoms with Gasteiger partial charge >= 0.3 is 0 Å². The van der Waals surface area contributed by atoms with Crippen molar-refractivity contribution in [2.24, 2.45) is 0 Å². The largest absolute Gasteiger partial charge is 0.379 e. The summed E-state index contributed by atoms with van der Waals surface area (Å²) in [6, 6.07) is 0. The molecule has 84 valence electrons. The van der Waals surface area contributed by atoms with Crippen LogP contribution < -0.4 is 5.32 Å². The lowest BCUT2D eigenvalue weighted by atomic mass is 10.1. The van der Waals surface area contributed by atoms with Crippen molar-refractivity contribution >= 4 is 0 Å². The van der Waals surface area contributed by atoms with Crippen molar-refractivity contribution in [1.82, 2.24) is 5.32 Å². The summed E-state index contributed by atoms with van der Waals surface area (Å²) in [5.74, 6) is 0. The fraction of sp³-hybridized carbons (Fsp3) is 1.00. The summed E-state index contributed by atoms with van der Waals surface area (Å²) in [6.07, 6.45) is 5.21. The molecule has 0 aromatic rings. The van der Waals surface area contributed by atoms with Gasteiger partial charge in [-0.15, -0.1) is 0 Å². The first-order valence-corrected chi connectivity index (χ1v) is 5.83. The molecule has 1 saturated heterocycles. The van der Waals surface area contributed by atoms with Gasteiger partial charge in [-0.3, -0.25) is 0 Å². The Hall–Kier alpha value is -0.120. The third-order valence-electron chi connectivity index (χ3n) is 2.48. The van der Waals surface area contributed by atoms with E-state index in [9.17, 15) is 0 Å². The third kappa shape index (κ3) is 5.58. The van der Waals surface area contributed by atoms with Crippen LogP contribution in [0.2, 0.25) is 0 Å². The highest BCUT2D eigenvalue weighted by Crippen LogP contribution is 2.05. The fourth-order valence-electron chi connectivity index (χ4n) is 1.58. The average molecular weight is 201 g/mol. The first-order valence-electron chi connectivity index (χ1n) is 5.83. The Morgan fingerprint density at radius 1 is 1.29 bits per heavy atom. The van der Waals surface area contributed by atoms with Gasteiger partial charge in [-0.05, 0) is 25.8 Å². The molecule has 14 heavy (non-hydrogen) atoms. The number of piperidine rings is 1. The minimum Gasteiger partial charge on any atom is -0.379 e. The summed E-state index contributed by atoms with van der Waals surface area (Å²) in [7, 11) is 0. The smallest absolute Gasteiger partial charge is 0.0704 e. The van der Waals surface area contributed by atoms with E-state index >= 15 is 0 Å². The highest BCUT2D eigenvalue weighted by molar-refractivity contribution is 4.68. The molecule has 1 N–H and O–H groups in total. The topological polar surface area (TPSA) is 30.5 Å². The van der Waals surface area contributed by atoms with Crippen LogP contribution in [0.25, 0.3) is 0 Å². The summed E-state index contributed by atoms with van der Waals surface area (Å²) in [5.41, 5.74) is 0. The van der Waals surface area contributed by atoms with Crippen molar-refractivity contribution in [2.45, 2.75) is 38.7 Å². The van der Waals surface area contributed by atoms with E-state index in [1.165, 1.54) is 19.3 Å². The van der Waals surface area contributed by atoms with Crippen molar-refractivity contribution in [3.8, 4) is 0 Å². The van der Waals surface area contributed by atoms with E-state index in [1.54, 1.807) is 0 Å². The van der Waals surface area contributed by atoms with Crippen LogP contribution in [0.1, 0.15) is 32.6 Å². The second kappa shape index (κ2) is 8.21. The summed E-state index contributed by atoms with van der Waals surface area (Å²) >= 11 is 0. The van der Waals surface area contributed by atoms with E-state index in [0.717, 1.165) is 39.3 Å². The molecule has 0 amide bonds. The van der Waals surface area contributed by atoms with E-state index in [-0.39, 0.29) is 0 Å². The van der Waals surface area contributed by atoms with E-state index < -0.39 is 0 Å². The lowest BCUT2D eigenvalue weighted by Crippen LogP contribution is -2.35. The molecule has 3 heteroatoms. The molecular weight excluding hydrogens is 178 g/mol. The van der Waals surface area contributed by atoms with E-state index in [4.69, 9.17) is 9.47 Å². The zero-order chi connectivity index (χ0) is 10.1. The summed E-state index contributed by atoms with van der Waals surface area (Å²) in [5, 5.41) is 3.33. The predicted molar refractivity (Wildman–Crippen MR) is 57.6 cm³/mol. The molecule has 1 fully saturated rings. The second-order valence-corrected chi connectivity index (χ2v) is 3.81. The number of nitrogens with one attached hydrogen (secondary N) is 1. The Bertz CT molecular complexity index is 124. The average Bonchev–Trinajstić information content (AvgIpc) is 2.25. The second-order valence-electron chi connectivity index (χ2n) is 3.81. The summed E-state index contributed by atoms with van der Waals surface area (Å²) < 4.78 is 11.1. The standard InChI is InChI=1S/C11H23NO2/c1-2-3-7-13-8-9-14-11-5-4-6-12-10-11/h11-12H,2-10H2,1H3. The first kappa shape index (κ1) is 12.0. The maximum absolute atomic E-state index is 5.68. The molecule has 0 saturated carbocycles. The number of hydrogen-bond donors (Lipinski definition) is 1. The van der Waals surface area contributed by atoms with Gasteiger partial charge in [0, 0.05) is 13.2 Å². The Morgan fingerprint density at radius 3 is 2.93 bits per heavy atom. The summed E-state index contributed by atoms with van der Waals surface area (Å²) in [4.78, 5) is 0. The molecule has 0 radical (unpaired) electrons. The highest BCUT2D eigenvalue weighted by atomic mass is 16.5. The maximum Gasteiger partial charge on any atom is 0.0704 e. The van der Waals surface area contributed by atoms with Gasteiger partial charge in [0.25, 0.3) is 0 Å². The van der Waals surface area contributed by atoms with Crippen molar-refractivity contribution < 1.29 is 9.47 Å². The summed E-state index contributed by atoms with van der Waals surface area (Å²) in [6.45, 7) is 6.70. The molecular formula is C11H23NO2. The monoisotopic (exact) mass is 201 g/mol. The molecule has 0 spiro atoms. The lowest BCUT2D eigenvalue weighted by molar-refractivity contribution is -0.00470. The van der Waals surface area contributed by atoms with Gasteiger partial charge in [-0.2, -0.15) is 0 Å². The maximum atomic E-state index is 5.68. The molecule has 1 atom stereocenters. The molecule has 1 rings (SSSR count). The van der Waals surface area contributed by atoms with E-state index in [1.807, 2.05) is 0 Å². The lowest BCUT2D eigenvalue weighted by Gasteiger charge is -2.22. The molecule has 1 aliphatic rings. The van der Waals surface area contributed by atoms with Crippen molar-refractivity contribution in [1.29, 1.82) is 0 Å². The van der Waals surface area contributed by atoms with Crippen LogP contribution >= 0.6 is 0 Å². The Labute approximate surface area is 87.2 Å². The molecule has 1 unspecified atom stereocenters. The zero-order valence-electron chi connectivity index (χ0n) is 9.26. The van der Waals surface area contributed by atoms with Gasteiger partial charge in [-0.1, -0.05) is 13.3 Å². The van der Waals surface area contributed by atoms with Gasteiger partial charge < -0.3 is 14.8 Å². The third-order valence-corrected chi connectivity index (χ3v) is 2.48. The minimum absolute atomic E-state index is 0.415. The molecule has 0 aliphatic carbocycles. The van der Waals surface area contributed by atoms with Crippen LogP contribution in [0.4, 0.5) is 0 Å². The van der Waals surface area contributed by atoms with Gasteiger partial charge in [0.1, 0.15) is 0 Å². The Balaban J connectivity index is 1.82. The van der Waals surface area contributed by atoms with Crippen LogP contribution in [0.5, 0.6) is 0 Å². The quantitative estimate of drug-likeness (QED) is 0.634. The van der Waals surface area contributed by atoms with E-state index in [0.29, 0.717) is 6.10 Å². The molecule has 0 aromatic heterocycles. The van der Waals surface area contributed by atoms with Crippen LogP contribution in [-0.4, -0.2) is 39.0 Å². The molecule has 0 bridgehead atoms. The zero-order valence-corrected chi connectivity index (χ0v) is 9.26. The Kier molecular flexibility index (Phi) is 7.01. The van der Waals surface area contributed by atoms with E-state index in [2.05, 4.69) is 12.2 Å². The molecule has 0 aromatic carbocycles. The van der Waals surface area contributed by atoms with Crippen LogP contribution in [0, 0.1) is 0 Å². The van der Waals surface area contributed by atoms with Gasteiger partial charge in [-0.25, -0.2) is 0 Å². The first-order chi connectivity index (χ1) is 6.93. The highest BCUT2D eigenvalue weighted by Gasteiger charge is 2.12. The fourth-order valence-corrected chi connectivity index (χ4v) is 1.58. The minimum atomic E-state index is 0.415. The molecule has 1 heterocycles. The molecule has 3 nitrogen and oxygen atoms in total. The SMILES string of the molecule is CCCCOCCOC1CCCNC1. The van der Waals surface area contributed by atoms with Gasteiger partial charge in [0.2, 0.25) is 0 Å². The van der Waals surface area contributed by atoms with Crippen LogP contribution in [0.3, 0.4) is 0 Å². The number of rotatable bonds is 7. The van der Waals surface area contributed by atoms with Gasteiger partial charge in [0.05, 0.1) is 19.3 Å². The number of ether oxygens (including phenoxy) is 2. The van der Waals surface area contributed by atoms with Crippen LogP contribution in [-0.2, 0) is 9.47 Å². The van der Waals surface area contributed by atoms with Crippen molar-refractivity contribution in [3.63, 3.8) is 0 Å².